The maximum absolute atomic E-state index is 13.0. The van der Waals surface area contributed by atoms with Crippen LogP contribution in [0.25, 0.3) is 0 Å². The average Bonchev–Trinajstić information content (AvgIpc) is 2.84. The number of rotatable bonds is 3. The van der Waals surface area contributed by atoms with Gasteiger partial charge >= 0.3 is 6.18 Å². The molecule has 1 heterocycles. The Bertz CT molecular complexity index is 665. The largest absolute Gasteiger partial charge is 0.497 e. The molecule has 0 saturated heterocycles. The van der Waals surface area contributed by atoms with Crippen LogP contribution in [0, 0.1) is 6.92 Å². The average molecular weight is 299 g/mol. The number of anilines is 1. The van der Waals surface area contributed by atoms with E-state index in [9.17, 15) is 18.0 Å². The Morgan fingerprint density at radius 3 is 2.62 bits per heavy atom. The molecule has 0 aliphatic carbocycles. The molecule has 5 nitrogen and oxygen atoms in total. The smallest absolute Gasteiger partial charge is 0.418 e. The van der Waals surface area contributed by atoms with Crippen molar-refractivity contribution in [2.75, 3.05) is 12.4 Å². The predicted octanol–water partition coefficient (Wildman–Crippen LogP) is 3.00. The summed E-state index contributed by atoms with van der Waals surface area (Å²) in [5, 5.41) is 8.44. The number of hydrogen-bond donors (Lipinski definition) is 2. The van der Waals surface area contributed by atoms with E-state index in [2.05, 4.69) is 15.5 Å². The first-order valence-electron chi connectivity index (χ1n) is 5.89. The van der Waals surface area contributed by atoms with Crippen LogP contribution in [0.15, 0.2) is 24.4 Å². The van der Waals surface area contributed by atoms with Crippen LogP contribution in [0.4, 0.5) is 18.9 Å². The lowest BCUT2D eigenvalue weighted by molar-refractivity contribution is -0.137. The second-order valence-electron chi connectivity index (χ2n) is 4.27. The van der Waals surface area contributed by atoms with Gasteiger partial charge in [0.05, 0.1) is 30.1 Å². The highest BCUT2D eigenvalue weighted by Gasteiger charge is 2.34. The molecule has 0 saturated carbocycles. The topological polar surface area (TPSA) is 67.0 Å². The molecular formula is C13H12F3N3O2. The van der Waals surface area contributed by atoms with E-state index in [-0.39, 0.29) is 17.0 Å². The highest BCUT2D eigenvalue weighted by molar-refractivity contribution is 6.05. The summed E-state index contributed by atoms with van der Waals surface area (Å²) in [7, 11) is 1.27. The first-order chi connectivity index (χ1) is 9.82. The van der Waals surface area contributed by atoms with Gasteiger partial charge in [0.25, 0.3) is 5.91 Å². The van der Waals surface area contributed by atoms with Gasteiger partial charge in [0.2, 0.25) is 0 Å². The first-order valence-corrected chi connectivity index (χ1v) is 5.89. The van der Waals surface area contributed by atoms with Crippen LogP contribution >= 0.6 is 0 Å². The molecule has 8 heteroatoms. The molecule has 1 amide bonds. The fourth-order valence-electron chi connectivity index (χ4n) is 1.76. The third kappa shape index (κ3) is 3.15. The number of carbonyl (C=O) groups excluding carboxylic acids is 1. The van der Waals surface area contributed by atoms with Crippen LogP contribution in [0.3, 0.4) is 0 Å². The quantitative estimate of drug-likeness (QED) is 0.915. The summed E-state index contributed by atoms with van der Waals surface area (Å²) < 4.78 is 43.8. The molecule has 0 aliphatic heterocycles. The summed E-state index contributed by atoms with van der Waals surface area (Å²) in [5.74, 6) is -0.614. The SMILES string of the molecule is COc1ccc(NC(=O)c2cn[nH]c2C)c(C(F)(F)F)c1. The minimum absolute atomic E-state index is 0.0554. The Morgan fingerprint density at radius 1 is 1.38 bits per heavy atom. The van der Waals surface area contributed by atoms with Crippen LogP contribution in [0.1, 0.15) is 21.6 Å². The van der Waals surface area contributed by atoms with Crippen molar-refractivity contribution < 1.29 is 22.7 Å². The summed E-state index contributed by atoms with van der Waals surface area (Å²) in [6.45, 7) is 1.60. The van der Waals surface area contributed by atoms with Gasteiger partial charge in [0.1, 0.15) is 5.75 Å². The van der Waals surface area contributed by atoms with E-state index in [1.54, 1.807) is 6.92 Å². The lowest BCUT2D eigenvalue weighted by Gasteiger charge is -2.14. The van der Waals surface area contributed by atoms with Gasteiger partial charge in [-0.3, -0.25) is 9.89 Å². The number of benzene rings is 1. The zero-order valence-corrected chi connectivity index (χ0v) is 11.2. The first kappa shape index (κ1) is 14.9. The van der Waals surface area contributed by atoms with Gasteiger partial charge in [-0.15, -0.1) is 0 Å². The number of H-pyrrole nitrogens is 1. The summed E-state index contributed by atoms with van der Waals surface area (Å²) in [4.78, 5) is 12.0. The monoisotopic (exact) mass is 299 g/mol. The Kier molecular flexibility index (Phi) is 3.88. The molecule has 0 unspecified atom stereocenters. The van der Waals surface area contributed by atoms with Gasteiger partial charge in [0.15, 0.2) is 0 Å². The van der Waals surface area contributed by atoms with Crippen molar-refractivity contribution in [1.29, 1.82) is 0 Å². The van der Waals surface area contributed by atoms with Crippen molar-refractivity contribution in [3.05, 3.63) is 41.2 Å². The third-order valence-corrected chi connectivity index (χ3v) is 2.85. The van der Waals surface area contributed by atoms with E-state index in [0.717, 1.165) is 12.1 Å². The fraction of sp³-hybridized carbons (Fsp3) is 0.231. The van der Waals surface area contributed by atoms with Crippen LogP contribution in [-0.4, -0.2) is 23.2 Å². The number of aryl methyl sites for hydroxylation is 1. The lowest BCUT2D eigenvalue weighted by Crippen LogP contribution is -2.17. The molecule has 21 heavy (non-hydrogen) atoms. The zero-order valence-electron chi connectivity index (χ0n) is 11.2. The van der Waals surface area contributed by atoms with Crippen LogP contribution in [-0.2, 0) is 6.18 Å². The molecule has 2 N–H and O–H groups in total. The van der Waals surface area contributed by atoms with E-state index in [4.69, 9.17) is 4.74 Å². The number of aromatic nitrogens is 2. The maximum atomic E-state index is 13.0. The van der Waals surface area contributed by atoms with E-state index >= 15 is 0 Å². The van der Waals surface area contributed by atoms with Gasteiger partial charge in [-0.2, -0.15) is 18.3 Å². The predicted molar refractivity (Wildman–Crippen MR) is 69.3 cm³/mol. The van der Waals surface area contributed by atoms with E-state index in [0.29, 0.717) is 5.69 Å². The van der Waals surface area contributed by atoms with Gasteiger partial charge in [-0.1, -0.05) is 0 Å². The number of nitrogens with zero attached hydrogens (tertiary/aromatic N) is 1. The normalized spacial score (nSPS) is 11.3. The number of aromatic amines is 1. The molecule has 1 aromatic carbocycles. The van der Waals surface area contributed by atoms with Crippen molar-refractivity contribution >= 4 is 11.6 Å². The summed E-state index contributed by atoms with van der Waals surface area (Å²) >= 11 is 0. The molecule has 0 radical (unpaired) electrons. The zero-order chi connectivity index (χ0) is 15.6. The number of amides is 1. The Hall–Kier alpha value is -2.51. The highest BCUT2D eigenvalue weighted by atomic mass is 19.4. The molecule has 0 bridgehead atoms. The molecular weight excluding hydrogens is 287 g/mol. The molecule has 112 valence electrons. The van der Waals surface area contributed by atoms with E-state index in [1.165, 1.54) is 19.4 Å². The fourth-order valence-corrected chi connectivity index (χ4v) is 1.76. The third-order valence-electron chi connectivity index (χ3n) is 2.85. The minimum Gasteiger partial charge on any atom is -0.497 e. The number of ether oxygens (including phenoxy) is 1. The van der Waals surface area contributed by atoms with Crippen molar-refractivity contribution in [3.8, 4) is 5.75 Å². The number of hydrogen-bond acceptors (Lipinski definition) is 3. The Morgan fingerprint density at radius 2 is 2.10 bits per heavy atom. The van der Waals surface area contributed by atoms with Gasteiger partial charge in [-0.05, 0) is 25.1 Å². The number of halogens is 3. The molecule has 0 aliphatic rings. The summed E-state index contributed by atoms with van der Waals surface area (Å²) in [5.41, 5.74) is -0.668. The van der Waals surface area contributed by atoms with Crippen molar-refractivity contribution in [2.45, 2.75) is 13.1 Å². The molecule has 0 atom stereocenters. The number of alkyl halides is 3. The number of nitrogens with one attached hydrogen (secondary N) is 2. The van der Waals surface area contributed by atoms with Gasteiger partial charge in [0, 0.05) is 5.69 Å². The molecule has 2 aromatic rings. The van der Waals surface area contributed by atoms with E-state index < -0.39 is 17.6 Å². The number of carbonyl (C=O) groups is 1. The van der Waals surface area contributed by atoms with Crippen LogP contribution in [0.5, 0.6) is 5.75 Å². The van der Waals surface area contributed by atoms with Crippen LogP contribution < -0.4 is 10.1 Å². The standard InChI is InChI=1S/C13H12F3N3O2/c1-7-9(6-17-19-7)12(20)18-11-4-3-8(21-2)5-10(11)13(14,15)16/h3-6H,1-2H3,(H,17,19)(H,18,20). The molecule has 0 fully saturated rings. The van der Waals surface area contributed by atoms with E-state index in [1.807, 2.05) is 0 Å². The minimum atomic E-state index is -4.61. The maximum Gasteiger partial charge on any atom is 0.418 e. The van der Waals surface area contributed by atoms with Crippen molar-refractivity contribution in [2.24, 2.45) is 0 Å². The number of methoxy groups -OCH3 is 1. The summed E-state index contributed by atoms with van der Waals surface area (Å²) in [6.07, 6.45) is -3.36. The second-order valence-corrected chi connectivity index (χ2v) is 4.27. The summed E-state index contributed by atoms with van der Waals surface area (Å²) in [6, 6.07) is 3.32. The molecule has 1 aromatic heterocycles. The van der Waals surface area contributed by atoms with Gasteiger partial charge < -0.3 is 10.1 Å². The van der Waals surface area contributed by atoms with Crippen molar-refractivity contribution in [3.63, 3.8) is 0 Å². The highest BCUT2D eigenvalue weighted by Crippen LogP contribution is 2.37. The molecule has 2 rings (SSSR count). The lowest BCUT2D eigenvalue weighted by atomic mass is 10.1. The van der Waals surface area contributed by atoms with Crippen LogP contribution in [0.2, 0.25) is 0 Å². The van der Waals surface area contributed by atoms with Gasteiger partial charge in [-0.25, -0.2) is 0 Å². The Balaban J connectivity index is 2.36. The Labute approximate surface area is 118 Å². The second kappa shape index (κ2) is 5.47. The molecule has 0 spiro atoms. The van der Waals surface area contributed by atoms with Crippen molar-refractivity contribution in [1.82, 2.24) is 10.2 Å².